The van der Waals surface area contributed by atoms with E-state index in [1.807, 2.05) is 6.92 Å². The van der Waals surface area contributed by atoms with E-state index in [-0.39, 0.29) is 18.4 Å². The highest BCUT2D eigenvalue weighted by Gasteiger charge is 2.30. The van der Waals surface area contributed by atoms with Crippen LogP contribution in [0.4, 0.5) is 26.3 Å². The first-order valence-electron chi connectivity index (χ1n) is 11.0. The Balaban J connectivity index is 1.50. The van der Waals surface area contributed by atoms with Crippen LogP contribution in [-0.4, -0.2) is 29.4 Å². The number of hydrogen-bond donors (Lipinski definition) is 0. The van der Waals surface area contributed by atoms with Gasteiger partial charge in [-0.25, -0.2) is 23.1 Å². The normalized spacial score (nSPS) is 11.6. The molecule has 188 valence electrons. The zero-order valence-corrected chi connectivity index (χ0v) is 19.0. The molecule has 0 N–H and O–H groups in total. The highest BCUT2D eigenvalue weighted by atomic mass is 19.4. The highest BCUT2D eigenvalue weighted by Crippen LogP contribution is 2.29. The van der Waals surface area contributed by atoms with Crippen molar-refractivity contribution < 1.29 is 35.8 Å². The van der Waals surface area contributed by atoms with Crippen LogP contribution in [0.3, 0.4) is 0 Å². The molecule has 0 bridgehead atoms. The molecule has 1 heterocycles. The summed E-state index contributed by atoms with van der Waals surface area (Å²) in [5.74, 6) is -3.08. The summed E-state index contributed by atoms with van der Waals surface area (Å²) in [7, 11) is 0. The summed E-state index contributed by atoms with van der Waals surface area (Å²) in [5, 5.41) is 0.977. The topological polar surface area (TPSA) is 44.2 Å². The van der Waals surface area contributed by atoms with E-state index in [2.05, 4.69) is 14.7 Å². The van der Waals surface area contributed by atoms with Gasteiger partial charge in [0.2, 0.25) is 0 Å². The molecule has 1 aromatic heterocycles. The van der Waals surface area contributed by atoms with Crippen molar-refractivity contribution in [1.29, 1.82) is 0 Å². The summed E-state index contributed by atoms with van der Waals surface area (Å²) in [5.41, 5.74) is 1.18. The van der Waals surface area contributed by atoms with E-state index in [0.717, 1.165) is 12.1 Å². The lowest BCUT2D eigenvalue weighted by Gasteiger charge is -2.12. The Kier molecular flexibility index (Phi) is 7.32. The van der Waals surface area contributed by atoms with Crippen molar-refractivity contribution in [3.05, 3.63) is 83.4 Å². The van der Waals surface area contributed by atoms with Crippen LogP contribution in [0.5, 0.6) is 11.5 Å². The van der Waals surface area contributed by atoms with Gasteiger partial charge in [0.25, 0.3) is 0 Å². The van der Waals surface area contributed by atoms with Gasteiger partial charge in [-0.2, -0.15) is 13.2 Å². The molecule has 36 heavy (non-hydrogen) atoms. The number of fused-ring (bicyclic) bond motifs is 1. The van der Waals surface area contributed by atoms with Gasteiger partial charge in [-0.05, 0) is 54.5 Å². The van der Waals surface area contributed by atoms with Crippen LogP contribution in [0, 0.1) is 17.5 Å². The van der Waals surface area contributed by atoms with E-state index in [4.69, 9.17) is 4.74 Å². The fourth-order valence-corrected chi connectivity index (χ4v) is 3.70. The van der Waals surface area contributed by atoms with E-state index >= 15 is 4.39 Å². The first-order valence-corrected chi connectivity index (χ1v) is 11.0. The molecule has 4 aromatic rings. The van der Waals surface area contributed by atoms with Gasteiger partial charge in [-0.3, -0.25) is 0 Å². The number of rotatable bonds is 8. The maximum Gasteiger partial charge on any atom is 0.422 e. The zero-order chi connectivity index (χ0) is 25.9. The predicted molar refractivity (Wildman–Crippen MR) is 121 cm³/mol. The molecule has 0 spiro atoms. The van der Waals surface area contributed by atoms with Crippen molar-refractivity contribution in [3.63, 3.8) is 0 Å². The molecule has 10 heteroatoms. The summed E-state index contributed by atoms with van der Waals surface area (Å²) in [6, 6.07) is 10.1. The standard InChI is InChI=1S/C26H20F6N2O2/c1-2-35-19-12-33-25(34-13-19)18-7-8-20-17(11-18)6-5-16(23(20)29)4-3-15-9-21(27)24(22(28)10-15)36-14-26(30,31)32/h5-13H,2-4,14H2,1H3. The summed E-state index contributed by atoms with van der Waals surface area (Å²) in [4.78, 5) is 8.53. The Morgan fingerprint density at radius 3 is 2.17 bits per heavy atom. The molecule has 0 atom stereocenters. The third-order valence-electron chi connectivity index (χ3n) is 5.35. The SMILES string of the molecule is CCOc1cnc(-c2ccc3c(F)c(CCc4cc(F)c(OCC(F)(F)F)c(F)c4)ccc3c2)nc1. The van der Waals surface area contributed by atoms with Crippen molar-refractivity contribution in [2.24, 2.45) is 0 Å². The number of benzene rings is 3. The van der Waals surface area contributed by atoms with Gasteiger partial charge >= 0.3 is 6.18 Å². The number of halogens is 6. The van der Waals surface area contributed by atoms with Crippen LogP contribution >= 0.6 is 0 Å². The first kappa shape index (κ1) is 25.3. The smallest absolute Gasteiger partial charge is 0.422 e. The Hall–Kier alpha value is -3.82. The maximum atomic E-state index is 15.2. The molecule has 0 fully saturated rings. The van der Waals surface area contributed by atoms with Gasteiger partial charge in [0.1, 0.15) is 5.82 Å². The van der Waals surface area contributed by atoms with Gasteiger partial charge in [0.05, 0.1) is 19.0 Å². The number of aryl methyl sites for hydroxylation is 2. The van der Waals surface area contributed by atoms with Gasteiger partial charge in [-0.1, -0.05) is 24.3 Å². The van der Waals surface area contributed by atoms with Crippen LogP contribution in [0.15, 0.2) is 54.9 Å². The molecule has 3 aromatic carbocycles. The largest absolute Gasteiger partial charge is 0.491 e. The van der Waals surface area contributed by atoms with Gasteiger partial charge in [0, 0.05) is 10.9 Å². The Bertz CT molecular complexity index is 1350. The van der Waals surface area contributed by atoms with Crippen LogP contribution < -0.4 is 9.47 Å². The Morgan fingerprint density at radius 2 is 1.53 bits per heavy atom. The second kappa shape index (κ2) is 10.4. The molecular formula is C26H20F6N2O2. The second-order valence-corrected chi connectivity index (χ2v) is 7.94. The summed E-state index contributed by atoms with van der Waals surface area (Å²) >= 11 is 0. The van der Waals surface area contributed by atoms with Gasteiger partial charge in [0.15, 0.2) is 35.6 Å². The Morgan fingerprint density at radius 1 is 0.833 bits per heavy atom. The van der Waals surface area contributed by atoms with Crippen LogP contribution in [0.1, 0.15) is 18.1 Å². The highest BCUT2D eigenvalue weighted by molar-refractivity contribution is 5.87. The lowest BCUT2D eigenvalue weighted by Crippen LogP contribution is -2.20. The molecule has 4 rings (SSSR count). The van der Waals surface area contributed by atoms with E-state index in [1.165, 1.54) is 0 Å². The monoisotopic (exact) mass is 506 g/mol. The maximum absolute atomic E-state index is 15.2. The molecular weight excluding hydrogens is 486 g/mol. The minimum atomic E-state index is -4.73. The minimum absolute atomic E-state index is 0.0634. The number of ether oxygens (including phenoxy) is 2. The van der Waals surface area contributed by atoms with Crippen LogP contribution in [0.25, 0.3) is 22.2 Å². The van der Waals surface area contributed by atoms with E-state index in [1.54, 1.807) is 42.7 Å². The van der Waals surface area contributed by atoms with Crippen LogP contribution in [-0.2, 0) is 12.8 Å². The van der Waals surface area contributed by atoms with E-state index in [0.29, 0.717) is 40.1 Å². The van der Waals surface area contributed by atoms with Crippen molar-refractivity contribution in [3.8, 4) is 22.9 Å². The van der Waals surface area contributed by atoms with Crippen molar-refractivity contribution in [1.82, 2.24) is 9.97 Å². The average Bonchev–Trinajstić information content (AvgIpc) is 2.83. The zero-order valence-electron chi connectivity index (χ0n) is 19.0. The quantitative estimate of drug-likeness (QED) is 0.246. The molecule has 0 aliphatic rings. The summed E-state index contributed by atoms with van der Waals surface area (Å²) in [6.45, 7) is 0.533. The van der Waals surface area contributed by atoms with E-state index in [9.17, 15) is 22.0 Å². The van der Waals surface area contributed by atoms with Crippen LogP contribution in [0.2, 0.25) is 0 Å². The molecule has 0 saturated carbocycles. The molecule has 0 unspecified atom stereocenters. The first-order chi connectivity index (χ1) is 17.1. The Labute approximate surface area is 202 Å². The number of nitrogens with zero attached hydrogens (tertiary/aromatic N) is 2. The summed E-state index contributed by atoms with van der Waals surface area (Å²) < 4.78 is 89.8. The molecule has 0 amide bonds. The van der Waals surface area contributed by atoms with Gasteiger partial charge < -0.3 is 9.47 Å². The fraction of sp³-hybridized carbons (Fsp3) is 0.231. The van der Waals surface area contributed by atoms with Gasteiger partial charge in [-0.15, -0.1) is 0 Å². The van der Waals surface area contributed by atoms with Crippen molar-refractivity contribution in [2.45, 2.75) is 25.9 Å². The number of alkyl halides is 3. The molecule has 0 aliphatic heterocycles. The lowest BCUT2D eigenvalue weighted by atomic mass is 9.98. The third-order valence-corrected chi connectivity index (χ3v) is 5.35. The van der Waals surface area contributed by atoms with E-state index < -0.39 is 36.0 Å². The fourth-order valence-electron chi connectivity index (χ4n) is 3.70. The van der Waals surface area contributed by atoms with Crippen molar-refractivity contribution in [2.75, 3.05) is 13.2 Å². The van der Waals surface area contributed by atoms with Crippen molar-refractivity contribution >= 4 is 10.8 Å². The average molecular weight is 506 g/mol. The number of hydrogen-bond acceptors (Lipinski definition) is 4. The third kappa shape index (κ3) is 5.87. The molecule has 0 aliphatic carbocycles. The summed E-state index contributed by atoms with van der Waals surface area (Å²) in [6.07, 6.45) is -1.44. The second-order valence-electron chi connectivity index (χ2n) is 7.94. The lowest BCUT2D eigenvalue weighted by molar-refractivity contribution is -0.154. The number of aromatic nitrogens is 2. The predicted octanol–water partition coefficient (Wildman–Crippen LogP) is 6.84. The molecule has 4 nitrogen and oxygen atoms in total. The molecule has 0 saturated heterocycles. The minimum Gasteiger partial charge on any atom is -0.491 e. The molecule has 0 radical (unpaired) electrons.